The van der Waals surface area contributed by atoms with Gasteiger partial charge in [0.05, 0.1) is 0 Å². The van der Waals surface area contributed by atoms with Crippen LogP contribution in [0.2, 0.25) is 5.02 Å². The zero-order valence-electron chi connectivity index (χ0n) is 10.5. The van der Waals surface area contributed by atoms with E-state index in [1.54, 1.807) is 0 Å². The van der Waals surface area contributed by atoms with Crippen LogP contribution in [0.4, 0.5) is 0 Å². The summed E-state index contributed by atoms with van der Waals surface area (Å²) < 4.78 is 0. The van der Waals surface area contributed by atoms with Crippen LogP contribution in [0.1, 0.15) is 18.4 Å². The quantitative estimate of drug-likeness (QED) is 0.887. The summed E-state index contributed by atoms with van der Waals surface area (Å²) in [4.78, 5) is 2.43. The van der Waals surface area contributed by atoms with E-state index < -0.39 is 0 Å². The van der Waals surface area contributed by atoms with Gasteiger partial charge in [0, 0.05) is 18.1 Å². The number of hydrogen-bond acceptors (Lipinski definition) is 2. The highest BCUT2D eigenvalue weighted by Gasteiger charge is 2.16. The molecule has 1 heterocycles. The van der Waals surface area contributed by atoms with E-state index >= 15 is 0 Å². The van der Waals surface area contributed by atoms with Crippen molar-refractivity contribution in [1.82, 2.24) is 10.2 Å². The van der Waals surface area contributed by atoms with Gasteiger partial charge in [-0.05, 0) is 56.6 Å². The van der Waals surface area contributed by atoms with Gasteiger partial charge < -0.3 is 10.2 Å². The molecule has 0 saturated carbocycles. The molecule has 1 unspecified atom stereocenters. The first kappa shape index (κ1) is 12.9. The van der Waals surface area contributed by atoms with Crippen LogP contribution in [0.3, 0.4) is 0 Å². The van der Waals surface area contributed by atoms with Gasteiger partial charge in [0.2, 0.25) is 0 Å². The molecular weight excluding hydrogens is 232 g/mol. The van der Waals surface area contributed by atoms with Gasteiger partial charge in [-0.25, -0.2) is 0 Å². The van der Waals surface area contributed by atoms with Crippen molar-refractivity contribution in [2.75, 3.05) is 26.7 Å². The summed E-state index contributed by atoms with van der Waals surface area (Å²) in [5, 5.41) is 4.35. The zero-order chi connectivity index (χ0) is 12.1. The van der Waals surface area contributed by atoms with Gasteiger partial charge in [-0.2, -0.15) is 0 Å². The van der Waals surface area contributed by atoms with E-state index in [1.165, 1.54) is 31.5 Å². The van der Waals surface area contributed by atoms with E-state index in [4.69, 9.17) is 11.6 Å². The number of halogens is 1. The molecule has 94 valence electrons. The van der Waals surface area contributed by atoms with Gasteiger partial charge >= 0.3 is 0 Å². The molecule has 0 bridgehead atoms. The summed E-state index contributed by atoms with van der Waals surface area (Å²) in [5.41, 5.74) is 1.30. The van der Waals surface area contributed by atoms with Crippen LogP contribution in [-0.2, 0) is 6.54 Å². The molecule has 1 aliphatic rings. The maximum Gasteiger partial charge on any atom is 0.0406 e. The molecule has 3 heteroatoms. The Morgan fingerprint density at radius 1 is 1.35 bits per heavy atom. The van der Waals surface area contributed by atoms with E-state index in [9.17, 15) is 0 Å². The summed E-state index contributed by atoms with van der Waals surface area (Å²) in [6.07, 6.45) is 2.70. The van der Waals surface area contributed by atoms with Crippen molar-refractivity contribution in [3.05, 3.63) is 34.9 Å². The van der Waals surface area contributed by atoms with Gasteiger partial charge in [-0.1, -0.05) is 23.7 Å². The number of likely N-dealkylation sites (tertiary alicyclic amines) is 1. The predicted octanol–water partition coefficient (Wildman–Crippen LogP) is 2.77. The molecule has 0 aromatic heterocycles. The third kappa shape index (κ3) is 4.30. The van der Waals surface area contributed by atoms with Crippen molar-refractivity contribution in [3.63, 3.8) is 0 Å². The molecule has 1 fully saturated rings. The van der Waals surface area contributed by atoms with Crippen molar-refractivity contribution < 1.29 is 0 Å². The molecule has 2 nitrogen and oxygen atoms in total. The second-order valence-corrected chi connectivity index (χ2v) is 5.46. The van der Waals surface area contributed by atoms with E-state index in [0.717, 1.165) is 24.0 Å². The molecule has 1 atom stereocenters. The highest BCUT2D eigenvalue weighted by atomic mass is 35.5. The molecule has 1 aliphatic heterocycles. The Morgan fingerprint density at radius 3 is 2.82 bits per heavy atom. The Morgan fingerprint density at radius 2 is 2.12 bits per heavy atom. The standard InChI is InChI=1S/C14H21ClN2/c1-17-8-2-3-13(11-17)10-16-9-12-4-6-14(15)7-5-12/h4-7,13,16H,2-3,8-11H2,1H3. The molecule has 0 aliphatic carbocycles. The molecule has 1 N–H and O–H groups in total. The fourth-order valence-electron chi connectivity index (χ4n) is 2.46. The first-order valence-corrected chi connectivity index (χ1v) is 6.75. The number of benzene rings is 1. The van der Waals surface area contributed by atoms with E-state index in [0.29, 0.717) is 0 Å². The highest BCUT2D eigenvalue weighted by Crippen LogP contribution is 2.14. The average molecular weight is 253 g/mol. The minimum absolute atomic E-state index is 0.807. The summed E-state index contributed by atoms with van der Waals surface area (Å²) in [6.45, 7) is 4.55. The molecule has 1 saturated heterocycles. The lowest BCUT2D eigenvalue weighted by Crippen LogP contribution is -2.37. The normalized spacial score (nSPS) is 21.6. The topological polar surface area (TPSA) is 15.3 Å². The number of nitrogens with one attached hydrogen (secondary N) is 1. The lowest BCUT2D eigenvalue weighted by Gasteiger charge is -2.29. The lowest BCUT2D eigenvalue weighted by molar-refractivity contribution is 0.206. The molecule has 2 rings (SSSR count). The molecule has 0 radical (unpaired) electrons. The first-order chi connectivity index (χ1) is 8.24. The number of rotatable bonds is 4. The summed E-state index contributed by atoms with van der Waals surface area (Å²) in [5.74, 6) is 0.807. The van der Waals surface area contributed by atoms with Crippen LogP contribution in [-0.4, -0.2) is 31.6 Å². The molecule has 1 aromatic rings. The Hall–Kier alpha value is -0.570. The Balaban J connectivity index is 1.70. The molecular formula is C14H21ClN2. The van der Waals surface area contributed by atoms with Crippen LogP contribution in [0, 0.1) is 5.92 Å². The predicted molar refractivity (Wildman–Crippen MR) is 73.4 cm³/mol. The minimum atomic E-state index is 0.807. The van der Waals surface area contributed by atoms with Crippen LogP contribution in [0.25, 0.3) is 0 Å². The summed E-state index contributed by atoms with van der Waals surface area (Å²) >= 11 is 5.86. The maximum absolute atomic E-state index is 5.86. The lowest BCUT2D eigenvalue weighted by atomic mass is 9.98. The highest BCUT2D eigenvalue weighted by molar-refractivity contribution is 6.30. The van der Waals surface area contributed by atoms with Crippen LogP contribution < -0.4 is 5.32 Å². The third-order valence-electron chi connectivity index (χ3n) is 3.40. The maximum atomic E-state index is 5.86. The summed E-state index contributed by atoms with van der Waals surface area (Å²) in [6, 6.07) is 8.07. The molecule has 0 spiro atoms. The fourth-order valence-corrected chi connectivity index (χ4v) is 2.59. The molecule has 0 amide bonds. The SMILES string of the molecule is CN1CCCC(CNCc2ccc(Cl)cc2)C1. The van der Waals surface area contributed by atoms with Gasteiger partial charge in [-0.15, -0.1) is 0 Å². The van der Waals surface area contributed by atoms with Crippen molar-refractivity contribution in [2.45, 2.75) is 19.4 Å². The zero-order valence-corrected chi connectivity index (χ0v) is 11.2. The fraction of sp³-hybridized carbons (Fsp3) is 0.571. The van der Waals surface area contributed by atoms with Gasteiger partial charge in [0.1, 0.15) is 0 Å². The summed E-state index contributed by atoms with van der Waals surface area (Å²) in [7, 11) is 2.21. The molecule has 1 aromatic carbocycles. The number of nitrogens with zero attached hydrogens (tertiary/aromatic N) is 1. The number of hydrogen-bond donors (Lipinski definition) is 1. The Labute approximate surface area is 109 Å². The van der Waals surface area contributed by atoms with Crippen molar-refractivity contribution in [2.24, 2.45) is 5.92 Å². The van der Waals surface area contributed by atoms with Crippen LogP contribution in [0.15, 0.2) is 24.3 Å². The van der Waals surface area contributed by atoms with Gasteiger partial charge in [0.25, 0.3) is 0 Å². The third-order valence-corrected chi connectivity index (χ3v) is 3.65. The minimum Gasteiger partial charge on any atom is -0.312 e. The van der Waals surface area contributed by atoms with Crippen molar-refractivity contribution in [1.29, 1.82) is 0 Å². The van der Waals surface area contributed by atoms with E-state index in [2.05, 4.69) is 29.4 Å². The van der Waals surface area contributed by atoms with Crippen LogP contribution in [0.5, 0.6) is 0 Å². The smallest absolute Gasteiger partial charge is 0.0406 e. The second kappa shape index (κ2) is 6.39. The van der Waals surface area contributed by atoms with Crippen LogP contribution >= 0.6 is 11.6 Å². The second-order valence-electron chi connectivity index (χ2n) is 5.03. The average Bonchev–Trinajstić information content (AvgIpc) is 2.32. The monoisotopic (exact) mass is 252 g/mol. The van der Waals surface area contributed by atoms with Gasteiger partial charge in [-0.3, -0.25) is 0 Å². The number of piperidine rings is 1. The first-order valence-electron chi connectivity index (χ1n) is 6.38. The Kier molecular flexibility index (Phi) is 4.84. The van der Waals surface area contributed by atoms with Crippen molar-refractivity contribution >= 4 is 11.6 Å². The van der Waals surface area contributed by atoms with E-state index in [-0.39, 0.29) is 0 Å². The van der Waals surface area contributed by atoms with Gasteiger partial charge in [0.15, 0.2) is 0 Å². The van der Waals surface area contributed by atoms with E-state index in [1.807, 2.05) is 12.1 Å². The van der Waals surface area contributed by atoms with Crippen molar-refractivity contribution in [3.8, 4) is 0 Å². The molecule has 17 heavy (non-hydrogen) atoms. The largest absolute Gasteiger partial charge is 0.312 e. The Bertz CT molecular complexity index is 337.